The molecular formula is C15H16O. The molecule has 1 nitrogen and oxygen atoms in total. The zero-order valence-electron chi connectivity index (χ0n) is 9.95. The van der Waals surface area contributed by atoms with Crippen LogP contribution < -0.4 is 0 Å². The van der Waals surface area contributed by atoms with Gasteiger partial charge < -0.3 is 0 Å². The zero-order chi connectivity index (χ0) is 11.7. The molecule has 0 fully saturated rings. The van der Waals surface area contributed by atoms with Crippen molar-refractivity contribution in [3.05, 3.63) is 47.5 Å². The third kappa shape index (κ3) is 1.85. The lowest BCUT2D eigenvalue weighted by Gasteiger charge is -2.02. The van der Waals surface area contributed by atoms with Gasteiger partial charge in [-0.15, -0.1) is 0 Å². The van der Waals surface area contributed by atoms with Crippen molar-refractivity contribution in [1.29, 1.82) is 0 Å². The monoisotopic (exact) mass is 212 g/mol. The lowest BCUT2D eigenvalue weighted by atomic mass is 10.0. The average Bonchev–Trinajstić information content (AvgIpc) is 2.48. The Labute approximate surface area is 96.5 Å². The Morgan fingerprint density at radius 3 is 2.50 bits per heavy atom. The lowest BCUT2D eigenvalue weighted by Crippen LogP contribution is -1.89. The van der Waals surface area contributed by atoms with Crippen LogP contribution >= 0.6 is 0 Å². The third-order valence-electron chi connectivity index (χ3n) is 2.95. The Kier molecular flexibility index (Phi) is 2.78. The number of carbonyl (C=O) groups excluding carboxylic acids is 1. The van der Waals surface area contributed by atoms with Gasteiger partial charge in [0, 0.05) is 5.56 Å². The first kappa shape index (κ1) is 10.9. The van der Waals surface area contributed by atoms with E-state index in [2.05, 4.69) is 26.0 Å². The topological polar surface area (TPSA) is 17.1 Å². The smallest absolute Gasteiger partial charge is 0.160 e. The van der Waals surface area contributed by atoms with E-state index in [-0.39, 0.29) is 5.78 Å². The second-order valence-electron chi connectivity index (χ2n) is 4.50. The third-order valence-corrected chi connectivity index (χ3v) is 2.95. The molecule has 16 heavy (non-hydrogen) atoms. The van der Waals surface area contributed by atoms with E-state index in [9.17, 15) is 4.79 Å². The first-order valence-electron chi connectivity index (χ1n) is 5.63. The summed E-state index contributed by atoms with van der Waals surface area (Å²) in [7, 11) is 0. The molecule has 0 saturated heterocycles. The largest absolute Gasteiger partial charge is 0.294 e. The molecular weight excluding hydrogens is 196 g/mol. The molecule has 1 heteroatoms. The SMILES string of the molecule is CC(=O)c1ccc2cc(C(C)C)cccc1-2. The number of rotatable bonds is 2. The molecule has 0 N–H and O–H groups in total. The summed E-state index contributed by atoms with van der Waals surface area (Å²) in [5.41, 5.74) is 4.33. The molecule has 0 spiro atoms. The maximum Gasteiger partial charge on any atom is 0.160 e. The van der Waals surface area contributed by atoms with Crippen molar-refractivity contribution in [3.8, 4) is 11.1 Å². The van der Waals surface area contributed by atoms with Crippen LogP contribution in [-0.4, -0.2) is 5.78 Å². The summed E-state index contributed by atoms with van der Waals surface area (Å²) < 4.78 is 0. The number of hydrogen-bond donors (Lipinski definition) is 0. The average molecular weight is 212 g/mol. The summed E-state index contributed by atoms with van der Waals surface area (Å²) in [6.07, 6.45) is 0. The fourth-order valence-corrected chi connectivity index (χ4v) is 1.97. The van der Waals surface area contributed by atoms with Crippen LogP contribution in [0.2, 0.25) is 0 Å². The predicted molar refractivity (Wildman–Crippen MR) is 67.2 cm³/mol. The van der Waals surface area contributed by atoms with E-state index in [0.29, 0.717) is 5.92 Å². The lowest BCUT2D eigenvalue weighted by molar-refractivity contribution is 0.101. The van der Waals surface area contributed by atoms with Crippen molar-refractivity contribution in [2.45, 2.75) is 26.7 Å². The Morgan fingerprint density at radius 2 is 1.88 bits per heavy atom. The quantitative estimate of drug-likeness (QED) is 0.684. The Bertz CT molecular complexity index is 497. The van der Waals surface area contributed by atoms with Gasteiger partial charge in [-0.1, -0.05) is 50.2 Å². The van der Waals surface area contributed by atoms with Gasteiger partial charge in [-0.3, -0.25) is 4.79 Å². The van der Waals surface area contributed by atoms with E-state index in [1.165, 1.54) is 5.56 Å². The molecule has 0 aromatic carbocycles. The summed E-state index contributed by atoms with van der Waals surface area (Å²) in [6.45, 7) is 5.97. The zero-order valence-corrected chi connectivity index (χ0v) is 9.95. The van der Waals surface area contributed by atoms with Gasteiger partial charge in [0.05, 0.1) is 0 Å². The summed E-state index contributed by atoms with van der Waals surface area (Å²) in [4.78, 5) is 11.4. The number of hydrogen-bond acceptors (Lipinski definition) is 1. The van der Waals surface area contributed by atoms with Crippen LogP contribution in [0, 0.1) is 0 Å². The van der Waals surface area contributed by atoms with Gasteiger partial charge in [-0.05, 0) is 29.5 Å². The predicted octanol–water partition coefficient (Wildman–Crippen LogP) is 4.12. The highest BCUT2D eigenvalue weighted by Gasteiger charge is 2.12. The molecule has 0 unspecified atom stereocenters. The van der Waals surface area contributed by atoms with Crippen LogP contribution in [0.1, 0.15) is 42.6 Å². The molecule has 2 aliphatic carbocycles. The van der Waals surface area contributed by atoms with Crippen LogP contribution in [0.5, 0.6) is 0 Å². The number of Topliss-reactive ketones (excluding diaryl/α,β-unsaturated/α-hetero) is 1. The number of carbonyl (C=O) groups is 1. The van der Waals surface area contributed by atoms with E-state index >= 15 is 0 Å². The summed E-state index contributed by atoms with van der Waals surface area (Å²) >= 11 is 0. The van der Waals surface area contributed by atoms with Crippen molar-refractivity contribution in [2.75, 3.05) is 0 Å². The maximum atomic E-state index is 11.4. The molecule has 0 heterocycles. The Balaban J connectivity index is 2.59. The molecule has 0 aromatic rings. The van der Waals surface area contributed by atoms with Crippen LogP contribution in [-0.2, 0) is 0 Å². The fraction of sp³-hybridized carbons (Fsp3) is 0.267. The summed E-state index contributed by atoms with van der Waals surface area (Å²) in [5.74, 6) is 0.638. The van der Waals surface area contributed by atoms with Crippen molar-refractivity contribution in [3.63, 3.8) is 0 Å². The molecule has 2 aliphatic rings. The minimum Gasteiger partial charge on any atom is -0.294 e. The molecule has 0 bridgehead atoms. The van der Waals surface area contributed by atoms with E-state index < -0.39 is 0 Å². The molecule has 0 aliphatic heterocycles. The minimum absolute atomic E-state index is 0.132. The number of ketones is 1. The van der Waals surface area contributed by atoms with Gasteiger partial charge in [0.15, 0.2) is 5.78 Å². The van der Waals surface area contributed by atoms with Crippen LogP contribution in [0.4, 0.5) is 0 Å². The van der Waals surface area contributed by atoms with E-state index in [1.54, 1.807) is 6.92 Å². The molecule has 0 amide bonds. The normalized spacial score (nSPS) is 11.0. The van der Waals surface area contributed by atoms with Gasteiger partial charge >= 0.3 is 0 Å². The van der Waals surface area contributed by atoms with E-state index in [4.69, 9.17) is 0 Å². The van der Waals surface area contributed by atoms with Gasteiger partial charge in [-0.2, -0.15) is 0 Å². The van der Waals surface area contributed by atoms with E-state index in [0.717, 1.165) is 16.7 Å². The summed E-state index contributed by atoms with van der Waals surface area (Å²) in [6, 6.07) is 12.3. The van der Waals surface area contributed by atoms with Crippen molar-refractivity contribution >= 4 is 5.78 Å². The van der Waals surface area contributed by atoms with Gasteiger partial charge in [-0.25, -0.2) is 0 Å². The van der Waals surface area contributed by atoms with Crippen LogP contribution in [0.3, 0.4) is 0 Å². The fourth-order valence-electron chi connectivity index (χ4n) is 1.97. The van der Waals surface area contributed by atoms with Gasteiger partial charge in [0.1, 0.15) is 0 Å². The maximum absolute atomic E-state index is 11.4. The Morgan fingerprint density at radius 1 is 1.12 bits per heavy atom. The second kappa shape index (κ2) is 4.09. The molecule has 0 atom stereocenters. The van der Waals surface area contributed by atoms with Gasteiger partial charge in [0.2, 0.25) is 0 Å². The van der Waals surface area contributed by atoms with Gasteiger partial charge in [0.25, 0.3) is 0 Å². The molecule has 0 radical (unpaired) electrons. The molecule has 2 rings (SSSR count). The first-order chi connectivity index (χ1) is 7.59. The molecule has 0 saturated carbocycles. The second-order valence-corrected chi connectivity index (χ2v) is 4.50. The van der Waals surface area contributed by atoms with Crippen LogP contribution in [0.15, 0.2) is 36.4 Å². The highest BCUT2D eigenvalue weighted by molar-refractivity contribution is 6.02. The standard InChI is InChI=1S/C15H16O/c1-10(2)12-5-4-6-15-13(9-12)7-8-14(15)11(3)16/h4-10H,1-3H3. The summed E-state index contributed by atoms with van der Waals surface area (Å²) in [5, 5.41) is 0. The molecule has 82 valence electrons. The first-order valence-corrected chi connectivity index (χ1v) is 5.63. The highest BCUT2D eigenvalue weighted by Crippen LogP contribution is 2.29. The molecule has 0 aromatic heterocycles. The van der Waals surface area contributed by atoms with Crippen molar-refractivity contribution in [2.24, 2.45) is 0 Å². The van der Waals surface area contributed by atoms with Crippen molar-refractivity contribution in [1.82, 2.24) is 0 Å². The van der Waals surface area contributed by atoms with Crippen molar-refractivity contribution < 1.29 is 4.79 Å². The highest BCUT2D eigenvalue weighted by atomic mass is 16.1. The van der Waals surface area contributed by atoms with Crippen LogP contribution in [0.25, 0.3) is 11.1 Å². The van der Waals surface area contributed by atoms with E-state index in [1.807, 2.05) is 24.3 Å². The Hall–Kier alpha value is -1.63. The minimum atomic E-state index is 0.132. The number of fused-ring (bicyclic) bond motifs is 1.